The molecule has 0 saturated carbocycles. The van der Waals surface area contributed by atoms with Crippen molar-refractivity contribution in [3.05, 3.63) is 27.5 Å². The first kappa shape index (κ1) is 15.7. The van der Waals surface area contributed by atoms with Crippen LogP contribution in [0.5, 0.6) is 0 Å². The van der Waals surface area contributed by atoms with Gasteiger partial charge in [0.25, 0.3) is 5.91 Å². The predicted octanol–water partition coefficient (Wildman–Crippen LogP) is 2.31. The number of hydrogen-bond donors (Lipinski definition) is 2. The normalized spacial score (nSPS) is 18.8. The highest BCUT2D eigenvalue weighted by Crippen LogP contribution is 2.23. The Balaban J connectivity index is 1.93. The number of thiophene rings is 1. The van der Waals surface area contributed by atoms with E-state index in [1.807, 2.05) is 6.92 Å². The van der Waals surface area contributed by atoms with Crippen LogP contribution in [0.3, 0.4) is 0 Å². The molecule has 2 rings (SSSR count). The summed E-state index contributed by atoms with van der Waals surface area (Å²) in [5.74, 6) is -0.718. The number of aryl methyl sites for hydroxylation is 1. The van der Waals surface area contributed by atoms with Gasteiger partial charge in [-0.05, 0) is 43.4 Å². The lowest BCUT2D eigenvalue weighted by Crippen LogP contribution is -2.32. The standard InChI is InChI=1S/C15H19NO4S/c1-10-7-13(21-12(10)4-5-14(17)18)15(19)16-8-11-3-2-6-20-9-11/h4-5,7,11H,2-3,6,8-9H2,1H3,(H,16,19)(H,17,18)/b5-4+. The molecule has 0 radical (unpaired) electrons. The first-order valence-electron chi connectivity index (χ1n) is 6.93. The molecule has 1 aromatic heterocycles. The molecular formula is C15H19NO4S. The summed E-state index contributed by atoms with van der Waals surface area (Å²) in [6.45, 7) is 4.00. The molecule has 1 unspecified atom stereocenters. The van der Waals surface area contributed by atoms with E-state index in [-0.39, 0.29) is 5.91 Å². The number of rotatable bonds is 5. The first-order valence-corrected chi connectivity index (χ1v) is 7.75. The molecule has 2 heterocycles. The molecule has 1 fully saturated rings. The van der Waals surface area contributed by atoms with Crippen molar-refractivity contribution in [2.24, 2.45) is 5.92 Å². The van der Waals surface area contributed by atoms with Crippen LogP contribution < -0.4 is 5.32 Å². The molecule has 1 aliphatic rings. The van der Waals surface area contributed by atoms with E-state index in [4.69, 9.17) is 9.84 Å². The minimum absolute atomic E-state index is 0.108. The number of ether oxygens (including phenoxy) is 1. The van der Waals surface area contributed by atoms with Gasteiger partial charge >= 0.3 is 5.97 Å². The van der Waals surface area contributed by atoms with Gasteiger partial charge in [-0.3, -0.25) is 4.79 Å². The minimum Gasteiger partial charge on any atom is -0.478 e. The second-order valence-corrected chi connectivity index (χ2v) is 6.21. The summed E-state index contributed by atoms with van der Waals surface area (Å²) in [5, 5.41) is 11.6. The van der Waals surface area contributed by atoms with Crippen molar-refractivity contribution in [2.75, 3.05) is 19.8 Å². The molecule has 1 amide bonds. The third kappa shape index (κ3) is 4.68. The number of carbonyl (C=O) groups is 2. The summed E-state index contributed by atoms with van der Waals surface area (Å²) in [7, 11) is 0. The lowest BCUT2D eigenvalue weighted by Gasteiger charge is -2.21. The molecule has 114 valence electrons. The Morgan fingerprint density at radius 1 is 1.57 bits per heavy atom. The summed E-state index contributed by atoms with van der Waals surface area (Å²) in [5.41, 5.74) is 0.906. The van der Waals surface area contributed by atoms with E-state index in [1.54, 1.807) is 6.07 Å². The van der Waals surface area contributed by atoms with Gasteiger partial charge in [0.15, 0.2) is 0 Å². The van der Waals surface area contributed by atoms with E-state index in [1.165, 1.54) is 17.4 Å². The Labute approximate surface area is 127 Å². The number of nitrogens with one attached hydrogen (secondary N) is 1. The Bertz CT molecular complexity index is 544. The van der Waals surface area contributed by atoms with E-state index in [0.29, 0.717) is 23.9 Å². The zero-order valence-corrected chi connectivity index (χ0v) is 12.7. The van der Waals surface area contributed by atoms with Gasteiger partial charge in [-0.15, -0.1) is 11.3 Å². The second kappa shape index (κ2) is 7.38. The molecule has 1 atom stereocenters. The lowest BCUT2D eigenvalue weighted by molar-refractivity contribution is -0.131. The third-order valence-electron chi connectivity index (χ3n) is 3.36. The maximum absolute atomic E-state index is 12.1. The lowest BCUT2D eigenvalue weighted by atomic mass is 10.0. The topological polar surface area (TPSA) is 75.6 Å². The Morgan fingerprint density at radius 3 is 3.05 bits per heavy atom. The average molecular weight is 309 g/mol. The number of aliphatic carboxylic acids is 1. The monoisotopic (exact) mass is 309 g/mol. The van der Waals surface area contributed by atoms with Crippen LogP contribution in [0.4, 0.5) is 0 Å². The molecule has 0 bridgehead atoms. The number of carbonyl (C=O) groups excluding carboxylic acids is 1. The van der Waals surface area contributed by atoms with E-state index in [0.717, 1.165) is 36.0 Å². The zero-order valence-electron chi connectivity index (χ0n) is 11.9. The van der Waals surface area contributed by atoms with E-state index in [9.17, 15) is 9.59 Å². The fourth-order valence-electron chi connectivity index (χ4n) is 2.21. The van der Waals surface area contributed by atoms with Crippen LogP contribution in [0.15, 0.2) is 12.1 Å². The Hall–Kier alpha value is -1.66. The summed E-state index contributed by atoms with van der Waals surface area (Å²) >= 11 is 1.30. The minimum atomic E-state index is -0.994. The SMILES string of the molecule is Cc1cc(C(=O)NCC2CCCOC2)sc1/C=C/C(=O)O. The Morgan fingerprint density at radius 2 is 2.38 bits per heavy atom. The summed E-state index contributed by atoms with van der Waals surface area (Å²) < 4.78 is 5.38. The average Bonchev–Trinajstić information content (AvgIpc) is 2.85. The molecule has 0 aliphatic carbocycles. The van der Waals surface area contributed by atoms with Crippen LogP contribution in [-0.2, 0) is 9.53 Å². The fraction of sp³-hybridized carbons (Fsp3) is 0.467. The molecular weight excluding hydrogens is 290 g/mol. The van der Waals surface area contributed by atoms with Crippen molar-refractivity contribution in [3.63, 3.8) is 0 Å². The summed E-state index contributed by atoms with van der Waals surface area (Å²) in [6.07, 6.45) is 4.73. The molecule has 1 saturated heterocycles. The van der Waals surface area contributed by atoms with E-state index >= 15 is 0 Å². The first-order chi connectivity index (χ1) is 10.1. The van der Waals surface area contributed by atoms with Gasteiger partial charge in [-0.25, -0.2) is 4.79 Å². The van der Waals surface area contributed by atoms with E-state index in [2.05, 4.69) is 5.32 Å². The maximum atomic E-state index is 12.1. The van der Waals surface area contributed by atoms with Crippen LogP contribution >= 0.6 is 11.3 Å². The van der Waals surface area contributed by atoms with Gasteiger partial charge in [0.05, 0.1) is 11.5 Å². The summed E-state index contributed by atoms with van der Waals surface area (Å²) in [6, 6.07) is 1.79. The molecule has 6 heteroatoms. The van der Waals surface area contributed by atoms with Crippen molar-refractivity contribution >= 4 is 29.3 Å². The highest BCUT2D eigenvalue weighted by molar-refractivity contribution is 7.15. The molecule has 1 aliphatic heterocycles. The third-order valence-corrected chi connectivity index (χ3v) is 4.56. The quantitative estimate of drug-likeness (QED) is 0.818. The second-order valence-electron chi connectivity index (χ2n) is 5.12. The molecule has 0 aromatic carbocycles. The van der Waals surface area contributed by atoms with Crippen LogP contribution in [0, 0.1) is 12.8 Å². The maximum Gasteiger partial charge on any atom is 0.328 e. The highest BCUT2D eigenvalue weighted by atomic mass is 32.1. The van der Waals surface area contributed by atoms with Crippen molar-refractivity contribution in [2.45, 2.75) is 19.8 Å². The Kier molecular flexibility index (Phi) is 5.52. The smallest absolute Gasteiger partial charge is 0.328 e. The van der Waals surface area contributed by atoms with Crippen LogP contribution in [-0.4, -0.2) is 36.7 Å². The van der Waals surface area contributed by atoms with Gasteiger partial charge in [-0.1, -0.05) is 0 Å². The van der Waals surface area contributed by atoms with Crippen molar-refractivity contribution in [3.8, 4) is 0 Å². The van der Waals surface area contributed by atoms with Crippen LogP contribution in [0.25, 0.3) is 6.08 Å². The number of carboxylic acids is 1. The molecule has 0 spiro atoms. The van der Waals surface area contributed by atoms with Crippen LogP contribution in [0.2, 0.25) is 0 Å². The van der Waals surface area contributed by atoms with Gasteiger partial charge in [0.2, 0.25) is 0 Å². The molecule has 21 heavy (non-hydrogen) atoms. The van der Waals surface area contributed by atoms with Crippen molar-refractivity contribution in [1.29, 1.82) is 0 Å². The predicted molar refractivity (Wildman–Crippen MR) is 81.6 cm³/mol. The highest BCUT2D eigenvalue weighted by Gasteiger charge is 2.16. The number of carboxylic acid groups (broad SMARTS) is 1. The van der Waals surface area contributed by atoms with Gasteiger partial charge in [-0.2, -0.15) is 0 Å². The van der Waals surface area contributed by atoms with Gasteiger partial charge in [0, 0.05) is 24.1 Å². The van der Waals surface area contributed by atoms with Crippen molar-refractivity contribution in [1.82, 2.24) is 5.32 Å². The van der Waals surface area contributed by atoms with Crippen molar-refractivity contribution < 1.29 is 19.4 Å². The van der Waals surface area contributed by atoms with Gasteiger partial charge < -0.3 is 15.2 Å². The fourth-order valence-corrected chi connectivity index (χ4v) is 3.21. The zero-order chi connectivity index (χ0) is 15.2. The molecule has 2 N–H and O–H groups in total. The van der Waals surface area contributed by atoms with Crippen LogP contribution in [0.1, 0.15) is 33.0 Å². The molecule has 1 aromatic rings. The summed E-state index contributed by atoms with van der Waals surface area (Å²) in [4.78, 5) is 24.0. The number of hydrogen-bond acceptors (Lipinski definition) is 4. The molecule has 5 nitrogen and oxygen atoms in total. The van der Waals surface area contributed by atoms with E-state index < -0.39 is 5.97 Å². The largest absolute Gasteiger partial charge is 0.478 e. The van der Waals surface area contributed by atoms with Gasteiger partial charge in [0.1, 0.15) is 0 Å². The number of amides is 1.